The molecule has 1 heteroatoms. The Morgan fingerprint density at radius 1 is 0.250 bits per heavy atom. The van der Waals surface area contributed by atoms with E-state index in [-0.39, 0.29) is 0 Å². The minimum atomic E-state index is 1.05. The topological polar surface area (TPSA) is 12.9 Å². The Labute approximate surface area is 279 Å². The van der Waals surface area contributed by atoms with Gasteiger partial charge in [-0.3, -0.25) is 4.98 Å². The molecule has 0 bridgehead atoms. The van der Waals surface area contributed by atoms with Gasteiger partial charge in [0.05, 0.1) is 5.52 Å². The fourth-order valence-corrected chi connectivity index (χ4v) is 7.86. The van der Waals surface area contributed by atoms with Crippen molar-refractivity contribution in [1.82, 2.24) is 4.98 Å². The highest BCUT2D eigenvalue weighted by Crippen LogP contribution is 2.48. The third-order valence-electron chi connectivity index (χ3n) is 10.1. The normalized spacial score (nSPS) is 11.8. The molecule has 1 heterocycles. The van der Waals surface area contributed by atoms with Gasteiger partial charge in [-0.25, -0.2) is 0 Å². The summed E-state index contributed by atoms with van der Waals surface area (Å²) in [6, 6.07) is 62.2. The van der Waals surface area contributed by atoms with Crippen molar-refractivity contribution in [3.63, 3.8) is 0 Å². The van der Waals surface area contributed by atoms with Gasteiger partial charge in [0.25, 0.3) is 0 Å². The molecule has 10 rings (SSSR count). The van der Waals surface area contributed by atoms with E-state index in [1.807, 2.05) is 12.3 Å². The molecule has 8 aromatic carbocycles. The minimum absolute atomic E-state index is 1.05. The molecule has 222 valence electrons. The molecule has 0 atom stereocenters. The Bertz CT molecular complexity index is 2690. The summed E-state index contributed by atoms with van der Waals surface area (Å²) in [5.74, 6) is 0. The van der Waals surface area contributed by atoms with Crippen LogP contribution in [-0.2, 0) is 0 Å². The Hall–Kier alpha value is -6.31. The van der Waals surface area contributed by atoms with E-state index in [1.54, 1.807) is 0 Å². The molecule has 1 aromatic heterocycles. The Kier molecular flexibility index (Phi) is 5.94. The van der Waals surface area contributed by atoms with E-state index in [2.05, 4.69) is 164 Å². The lowest BCUT2D eigenvalue weighted by Crippen LogP contribution is -1.97. The second-order valence-electron chi connectivity index (χ2n) is 12.7. The van der Waals surface area contributed by atoms with Crippen LogP contribution in [-0.4, -0.2) is 4.98 Å². The molecule has 0 saturated carbocycles. The van der Waals surface area contributed by atoms with Crippen molar-refractivity contribution in [2.24, 2.45) is 0 Å². The molecule has 9 aromatic rings. The number of pyridine rings is 1. The van der Waals surface area contributed by atoms with Crippen LogP contribution in [0.3, 0.4) is 0 Å². The molecule has 1 aliphatic carbocycles. The van der Waals surface area contributed by atoms with Gasteiger partial charge in [0, 0.05) is 17.0 Å². The van der Waals surface area contributed by atoms with Crippen LogP contribution in [0.15, 0.2) is 176 Å². The Morgan fingerprint density at radius 3 is 1.33 bits per heavy atom. The van der Waals surface area contributed by atoms with E-state index in [1.165, 1.54) is 93.7 Å². The van der Waals surface area contributed by atoms with E-state index in [9.17, 15) is 0 Å². The predicted molar refractivity (Wildman–Crippen MR) is 203 cm³/mol. The highest BCUT2D eigenvalue weighted by Gasteiger charge is 2.22. The maximum absolute atomic E-state index is 4.81. The highest BCUT2D eigenvalue weighted by molar-refractivity contribution is 6.24. The van der Waals surface area contributed by atoms with Gasteiger partial charge in [0.1, 0.15) is 0 Å². The lowest BCUT2D eigenvalue weighted by Gasteiger charge is -2.23. The third kappa shape index (κ3) is 4.08. The van der Waals surface area contributed by atoms with Crippen LogP contribution in [0, 0.1) is 0 Å². The Morgan fingerprint density at radius 2 is 0.688 bits per heavy atom. The maximum Gasteiger partial charge on any atom is 0.0786 e. The molecule has 1 nitrogen and oxygen atoms in total. The second kappa shape index (κ2) is 10.6. The van der Waals surface area contributed by atoms with Crippen molar-refractivity contribution in [2.45, 2.75) is 0 Å². The van der Waals surface area contributed by atoms with Gasteiger partial charge < -0.3 is 0 Å². The van der Waals surface area contributed by atoms with Gasteiger partial charge in [-0.05, 0) is 107 Å². The van der Waals surface area contributed by atoms with Crippen LogP contribution in [0.1, 0.15) is 0 Å². The zero-order chi connectivity index (χ0) is 31.6. The van der Waals surface area contributed by atoms with Gasteiger partial charge >= 0.3 is 0 Å². The standard InChI is InChI=1S/C47H29N/c1-2-14-35-34(13-1)36-15-3-4-17-38(36)41-24-22-32(28-45(41)40-19-6-5-16-37(35)40)30-11-9-12-31(27-30)33-23-25-42-39-18-7-8-20-43(39)47-44(46(42)29-33)21-10-26-48-47/h1-29H. The predicted octanol–water partition coefficient (Wildman–Crippen LogP) is 12.9. The molecular formula is C47H29N. The van der Waals surface area contributed by atoms with Crippen LogP contribution >= 0.6 is 0 Å². The number of rotatable bonds is 2. The van der Waals surface area contributed by atoms with Crippen LogP contribution in [0.5, 0.6) is 0 Å². The molecule has 0 aliphatic heterocycles. The summed E-state index contributed by atoms with van der Waals surface area (Å²) in [4.78, 5) is 4.81. The van der Waals surface area contributed by atoms with Crippen LogP contribution in [0.25, 0.3) is 99.2 Å². The Balaban J connectivity index is 1.15. The number of benzene rings is 8. The van der Waals surface area contributed by atoms with Crippen molar-refractivity contribution in [3.05, 3.63) is 176 Å². The zero-order valence-electron chi connectivity index (χ0n) is 26.2. The van der Waals surface area contributed by atoms with E-state index in [0.717, 1.165) is 5.52 Å². The molecule has 0 fully saturated rings. The number of hydrogen-bond acceptors (Lipinski definition) is 1. The first-order valence-corrected chi connectivity index (χ1v) is 16.5. The number of fused-ring (bicyclic) bond motifs is 14. The molecule has 48 heavy (non-hydrogen) atoms. The SMILES string of the molecule is c1cc(-c2ccc3c(c2)-c2ccccc2-c2ccccc2-c2ccccc2-3)cc(-c2ccc3c4ccccc4c4ncccc4c3c2)c1. The first-order chi connectivity index (χ1) is 23.8. The zero-order valence-corrected chi connectivity index (χ0v) is 26.2. The summed E-state index contributed by atoms with van der Waals surface area (Å²) in [5.41, 5.74) is 16.0. The molecule has 0 N–H and O–H groups in total. The van der Waals surface area contributed by atoms with Crippen molar-refractivity contribution in [3.8, 4) is 66.8 Å². The first kappa shape index (κ1) is 26.9. The fraction of sp³-hybridized carbons (Fsp3) is 0. The summed E-state index contributed by atoms with van der Waals surface area (Å²) in [5, 5.41) is 6.11. The number of nitrogens with zero attached hydrogens (tertiary/aromatic N) is 1. The molecule has 0 radical (unpaired) electrons. The van der Waals surface area contributed by atoms with Crippen LogP contribution in [0.2, 0.25) is 0 Å². The number of hydrogen-bond donors (Lipinski definition) is 0. The summed E-state index contributed by atoms with van der Waals surface area (Å²) in [6.07, 6.45) is 1.89. The molecule has 0 saturated heterocycles. The lowest BCUT2D eigenvalue weighted by molar-refractivity contribution is 1.43. The van der Waals surface area contributed by atoms with Gasteiger partial charge in [-0.1, -0.05) is 146 Å². The maximum atomic E-state index is 4.81. The number of aromatic nitrogens is 1. The summed E-state index contributed by atoms with van der Waals surface area (Å²) in [6.45, 7) is 0. The average Bonchev–Trinajstić information content (AvgIpc) is 3.17. The summed E-state index contributed by atoms with van der Waals surface area (Å²) in [7, 11) is 0. The monoisotopic (exact) mass is 607 g/mol. The molecule has 0 unspecified atom stereocenters. The van der Waals surface area contributed by atoms with Gasteiger partial charge in [-0.2, -0.15) is 0 Å². The van der Waals surface area contributed by atoms with E-state index < -0.39 is 0 Å². The van der Waals surface area contributed by atoms with Gasteiger partial charge in [0.15, 0.2) is 0 Å². The fourth-order valence-electron chi connectivity index (χ4n) is 7.86. The smallest absolute Gasteiger partial charge is 0.0786 e. The molecule has 0 amide bonds. The molecular weight excluding hydrogens is 579 g/mol. The van der Waals surface area contributed by atoms with E-state index in [4.69, 9.17) is 4.98 Å². The van der Waals surface area contributed by atoms with Gasteiger partial charge in [0.2, 0.25) is 0 Å². The lowest BCUT2D eigenvalue weighted by atomic mass is 9.80. The van der Waals surface area contributed by atoms with Crippen molar-refractivity contribution in [1.29, 1.82) is 0 Å². The first-order valence-electron chi connectivity index (χ1n) is 16.5. The van der Waals surface area contributed by atoms with Crippen molar-refractivity contribution < 1.29 is 0 Å². The van der Waals surface area contributed by atoms with E-state index >= 15 is 0 Å². The highest BCUT2D eigenvalue weighted by atomic mass is 14.6. The van der Waals surface area contributed by atoms with Crippen molar-refractivity contribution in [2.75, 3.05) is 0 Å². The molecule has 0 spiro atoms. The van der Waals surface area contributed by atoms with Crippen LogP contribution in [0.4, 0.5) is 0 Å². The minimum Gasteiger partial charge on any atom is -0.256 e. The quantitative estimate of drug-likeness (QED) is 0.178. The largest absolute Gasteiger partial charge is 0.256 e. The summed E-state index contributed by atoms with van der Waals surface area (Å²) < 4.78 is 0. The van der Waals surface area contributed by atoms with Gasteiger partial charge in [-0.15, -0.1) is 0 Å². The summed E-state index contributed by atoms with van der Waals surface area (Å²) >= 11 is 0. The molecule has 1 aliphatic rings. The van der Waals surface area contributed by atoms with E-state index in [0.29, 0.717) is 0 Å². The third-order valence-corrected chi connectivity index (χ3v) is 10.1. The average molecular weight is 608 g/mol. The van der Waals surface area contributed by atoms with Crippen LogP contribution < -0.4 is 0 Å². The van der Waals surface area contributed by atoms with Crippen molar-refractivity contribution >= 4 is 32.4 Å². The second-order valence-corrected chi connectivity index (χ2v) is 12.7.